The molecule has 0 fully saturated rings. The molecule has 2 N–H and O–H groups in total. The highest BCUT2D eigenvalue weighted by Crippen LogP contribution is 2.21. The number of carbonyl (C=O) groups excluding carboxylic acids is 2. The minimum Gasteiger partial charge on any atom is -0.461 e. The summed E-state index contributed by atoms with van der Waals surface area (Å²) in [7, 11) is 0. The van der Waals surface area contributed by atoms with E-state index in [4.69, 9.17) is 17.9 Å². The van der Waals surface area contributed by atoms with Gasteiger partial charge in [0.05, 0.1) is 12.5 Å². The zero-order valence-corrected chi connectivity index (χ0v) is 17.5. The zero-order chi connectivity index (χ0) is 22.5. The Bertz CT molecular complexity index is 1160. The van der Waals surface area contributed by atoms with Gasteiger partial charge in [-0.1, -0.05) is 24.2 Å². The molecule has 1 unspecified atom stereocenters. The van der Waals surface area contributed by atoms with E-state index in [1.54, 1.807) is 24.3 Å². The molecule has 4 aromatic heterocycles. The van der Waals surface area contributed by atoms with Crippen LogP contribution in [0.4, 0.5) is 0 Å². The molecule has 0 aliphatic heterocycles. The highest BCUT2D eigenvalue weighted by atomic mass is 16.5. The summed E-state index contributed by atoms with van der Waals surface area (Å²) in [5.74, 6) is 1.11. The van der Waals surface area contributed by atoms with Crippen LogP contribution in [0.2, 0.25) is 0 Å². The third-order valence-corrected chi connectivity index (χ3v) is 4.61. The lowest BCUT2D eigenvalue weighted by Gasteiger charge is -2.20. The fraction of sp³-hybridized carbons (Fsp3) is 0.273. The second-order valence-corrected chi connectivity index (χ2v) is 7.62. The maximum absolute atomic E-state index is 12.7. The summed E-state index contributed by atoms with van der Waals surface area (Å²) >= 11 is 0. The number of hydrogen-bond donors (Lipinski definition) is 2. The standard InChI is InChI=1S/C22H22N4O6/c1-13(2)9-14(24-22(28)16-11-20(32-26-16)18-6-4-8-30-18)12-23-21(27)15-10-19(31-25-15)17-5-3-7-29-17/h3-8,10-11,13-14H,9,12H2,1-2H3,(H,23,27)(H,24,28). The third kappa shape index (κ3) is 4.97. The summed E-state index contributed by atoms with van der Waals surface area (Å²) in [6.45, 7) is 4.26. The minimum absolute atomic E-state index is 0.116. The van der Waals surface area contributed by atoms with Crippen LogP contribution in [-0.2, 0) is 0 Å². The fourth-order valence-electron chi connectivity index (χ4n) is 3.16. The van der Waals surface area contributed by atoms with Crippen molar-refractivity contribution in [1.82, 2.24) is 20.9 Å². The summed E-state index contributed by atoms with van der Waals surface area (Å²) in [6.07, 6.45) is 3.65. The lowest BCUT2D eigenvalue weighted by atomic mass is 10.0. The summed E-state index contributed by atoms with van der Waals surface area (Å²) in [6, 6.07) is 9.51. The molecule has 0 bridgehead atoms. The average molecular weight is 438 g/mol. The molecule has 2 amide bonds. The maximum Gasteiger partial charge on any atom is 0.273 e. The predicted octanol–water partition coefficient (Wildman–Crippen LogP) is 3.76. The molecule has 1 atom stereocenters. The first-order valence-corrected chi connectivity index (χ1v) is 10.1. The van der Waals surface area contributed by atoms with Crippen LogP contribution in [0.15, 0.2) is 66.8 Å². The van der Waals surface area contributed by atoms with Crippen LogP contribution < -0.4 is 10.6 Å². The van der Waals surface area contributed by atoms with Crippen molar-refractivity contribution < 1.29 is 27.5 Å². The number of carbonyl (C=O) groups is 2. The van der Waals surface area contributed by atoms with Crippen molar-refractivity contribution in [2.75, 3.05) is 6.54 Å². The molecule has 0 saturated carbocycles. The zero-order valence-electron chi connectivity index (χ0n) is 17.5. The molecule has 4 rings (SSSR count). The van der Waals surface area contributed by atoms with Gasteiger partial charge in [0.15, 0.2) is 22.9 Å². The van der Waals surface area contributed by atoms with Gasteiger partial charge in [0.2, 0.25) is 11.5 Å². The molecule has 4 heterocycles. The Morgan fingerprint density at radius 1 is 0.875 bits per heavy atom. The largest absolute Gasteiger partial charge is 0.461 e. The smallest absolute Gasteiger partial charge is 0.273 e. The van der Waals surface area contributed by atoms with E-state index in [9.17, 15) is 9.59 Å². The van der Waals surface area contributed by atoms with Crippen molar-refractivity contribution in [3.63, 3.8) is 0 Å². The number of furan rings is 2. The monoisotopic (exact) mass is 438 g/mol. The van der Waals surface area contributed by atoms with E-state index in [0.29, 0.717) is 29.5 Å². The first-order chi connectivity index (χ1) is 15.5. The molecule has 0 saturated heterocycles. The van der Waals surface area contributed by atoms with Gasteiger partial charge in [-0.05, 0) is 36.6 Å². The van der Waals surface area contributed by atoms with E-state index in [1.807, 2.05) is 13.8 Å². The molecule has 0 aliphatic carbocycles. The Hall–Kier alpha value is -4.08. The van der Waals surface area contributed by atoms with Crippen molar-refractivity contribution in [3.8, 4) is 23.0 Å². The third-order valence-electron chi connectivity index (χ3n) is 4.61. The molecular weight excluding hydrogens is 416 g/mol. The number of aromatic nitrogens is 2. The molecule has 32 heavy (non-hydrogen) atoms. The Morgan fingerprint density at radius 3 is 1.94 bits per heavy atom. The highest BCUT2D eigenvalue weighted by Gasteiger charge is 2.21. The van der Waals surface area contributed by atoms with E-state index in [2.05, 4.69) is 20.9 Å². The van der Waals surface area contributed by atoms with Gasteiger partial charge in [0.1, 0.15) is 0 Å². The van der Waals surface area contributed by atoms with Crippen LogP contribution >= 0.6 is 0 Å². The van der Waals surface area contributed by atoms with Crippen LogP contribution in [-0.4, -0.2) is 34.7 Å². The van der Waals surface area contributed by atoms with Crippen molar-refractivity contribution in [3.05, 3.63) is 60.3 Å². The normalized spacial score (nSPS) is 12.1. The first kappa shape index (κ1) is 21.2. The molecule has 0 aromatic carbocycles. The van der Waals surface area contributed by atoms with Crippen molar-refractivity contribution >= 4 is 11.8 Å². The van der Waals surface area contributed by atoms with E-state index < -0.39 is 11.8 Å². The summed E-state index contributed by atoms with van der Waals surface area (Å²) in [4.78, 5) is 25.1. The van der Waals surface area contributed by atoms with Gasteiger partial charge in [-0.3, -0.25) is 9.59 Å². The van der Waals surface area contributed by atoms with Gasteiger partial charge >= 0.3 is 0 Å². The molecular formula is C22H22N4O6. The number of rotatable bonds is 9. The minimum atomic E-state index is -0.420. The molecule has 10 heteroatoms. The van der Waals surface area contributed by atoms with E-state index in [0.717, 1.165) is 0 Å². The van der Waals surface area contributed by atoms with Crippen molar-refractivity contribution in [2.24, 2.45) is 5.92 Å². The second kappa shape index (κ2) is 9.38. The Balaban J connectivity index is 1.37. The van der Waals surface area contributed by atoms with E-state index >= 15 is 0 Å². The van der Waals surface area contributed by atoms with E-state index in [1.165, 1.54) is 24.7 Å². The van der Waals surface area contributed by atoms with Gasteiger partial charge in [-0.25, -0.2) is 0 Å². The quantitative estimate of drug-likeness (QED) is 0.403. The van der Waals surface area contributed by atoms with E-state index in [-0.39, 0.29) is 29.9 Å². The molecule has 4 aromatic rings. The van der Waals surface area contributed by atoms with Crippen LogP contribution in [0.5, 0.6) is 0 Å². The second-order valence-electron chi connectivity index (χ2n) is 7.62. The van der Waals surface area contributed by atoms with Crippen LogP contribution in [0.25, 0.3) is 23.0 Å². The SMILES string of the molecule is CC(C)CC(CNC(=O)c1cc(-c2ccco2)on1)NC(=O)c1cc(-c2ccco2)on1. The lowest BCUT2D eigenvalue weighted by molar-refractivity contribution is 0.0894. The number of nitrogens with zero attached hydrogens (tertiary/aromatic N) is 2. The molecule has 0 aliphatic rings. The van der Waals surface area contributed by atoms with Gasteiger partial charge in [-0.2, -0.15) is 0 Å². The van der Waals surface area contributed by atoms with Crippen molar-refractivity contribution in [2.45, 2.75) is 26.3 Å². The van der Waals surface area contributed by atoms with Crippen LogP contribution in [0.1, 0.15) is 41.2 Å². The highest BCUT2D eigenvalue weighted by molar-refractivity contribution is 5.94. The molecule has 10 nitrogen and oxygen atoms in total. The summed E-state index contributed by atoms with van der Waals surface area (Å²) in [5.41, 5.74) is 0.238. The summed E-state index contributed by atoms with van der Waals surface area (Å²) in [5, 5.41) is 13.3. The number of nitrogens with one attached hydrogen (secondary N) is 2. The molecule has 0 radical (unpaired) electrons. The lowest BCUT2D eigenvalue weighted by Crippen LogP contribution is -2.44. The summed E-state index contributed by atoms with van der Waals surface area (Å²) < 4.78 is 20.8. The Labute approximate surface area is 182 Å². The van der Waals surface area contributed by atoms with Gasteiger partial charge in [0, 0.05) is 24.7 Å². The maximum atomic E-state index is 12.7. The predicted molar refractivity (Wildman–Crippen MR) is 111 cm³/mol. The topological polar surface area (TPSA) is 137 Å². The van der Waals surface area contributed by atoms with Crippen LogP contribution in [0.3, 0.4) is 0 Å². The van der Waals surface area contributed by atoms with Crippen molar-refractivity contribution in [1.29, 1.82) is 0 Å². The van der Waals surface area contributed by atoms with Gasteiger partial charge in [-0.15, -0.1) is 0 Å². The number of amides is 2. The van der Waals surface area contributed by atoms with Gasteiger partial charge < -0.3 is 28.5 Å². The Kier molecular flexibility index (Phi) is 6.20. The molecule has 166 valence electrons. The van der Waals surface area contributed by atoms with Crippen LogP contribution in [0, 0.1) is 5.92 Å². The first-order valence-electron chi connectivity index (χ1n) is 10.1. The fourth-order valence-corrected chi connectivity index (χ4v) is 3.16. The Morgan fingerprint density at radius 2 is 1.44 bits per heavy atom. The average Bonchev–Trinajstić information content (AvgIpc) is 3.57. The molecule has 0 spiro atoms. The number of hydrogen-bond acceptors (Lipinski definition) is 8. The van der Waals surface area contributed by atoms with Gasteiger partial charge in [0.25, 0.3) is 11.8 Å².